The first kappa shape index (κ1) is 16.6. The Morgan fingerprint density at radius 2 is 2.22 bits per heavy atom. The molecule has 122 valence electrons. The molecule has 9 nitrogen and oxygen atoms in total. The van der Waals surface area contributed by atoms with Gasteiger partial charge >= 0.3 is 12.0 Å². The van der Waals surface area contributed by atoms with E-state index in [0.29, 0.717) is 11.7 Å². The Kier molecular flexibility index (Phi) is 5.80. The van der Waals surface area contributed by atoms with Crippen LogP contribution in [0, 0.1) is 0 Å². The summed E-state index contributed by atoms with van der Waals surface area (Å²) in [6, 6.07) is 3.06. The minimum atomic E-state index is -0.713. The second-order valence-corrected chi connectivity index (χ2v) is 5.22. The summed E-state index contributed by atoms with van der Waals surface area (Å²) < 4.78 is 9.77. The van der Waals surface area contributed by atoms with Gasteiger partial charge in [0.25, 0.3) is 5.91 Å². The van der Waals surface area contributed by atoms with Gasteiger partial charge in [-0.1, -0.05) is 11.2 Å². The van der Waals surface area contributed by atoms with Crippen molar-refractivity contribution in [1.82, 2.24) is 20.8 Å². The van der Waals surface area contributed by atoms with Crippen LogP contribution < -0.4 is 10.6 Å². The van der Waals surface area contributed by atoms with Gasteiger partial charge in [-0.3, -0.25) is 14.9 Å². The summed E-state index contributed by atoms with van der Waals surface area (Å²) in [5.41, 5.74) is 0. The Labute approximate surface area is 135 Å². The van der Waals surface area contributed by atoms with Gasteiger partial charge in [-0.2, -0.15) is 4.98 Å². The minimum Gasteiger partial charge on any atom is -0.456 e. The molecule has 2 aromatic heterocycles. The molecule has 2 aromatic rings. The fraction of sp³-hybridized carbons (Fsp3) is 0.308. The van der Waals surface area contributed by atoms with E-state index in [4.69, 9.17) is 9.26 Å². The summed E-state index contributed by atoms with van der Waals surface area (Å²) in [5, 5.41) is 9.89. The third kappa shape index (κ3) is 5.18. The molecule has 0 fully saturated rings. The lowest BCUT2D eigenvalue weighted by Gasteiger charge is -2.04. The highest BCUT2D eigenvalue weighted by Crippen LogP contribution is 2.21. The molecule has 0 aliphatic rings. The average Bonchev–Trinajstić information content (AvgIpc) is 3.21. The lowest BCUT2D eigenvalue weighted by atomic mass is 10.3. The summed E-state index contributed by atoms with van der Waals surface area (Å²) >= 11 is 1.48. The SMILES string of the molecule is CNC(=O)NC(=O)COC(=O)CCc1nc(-c2cccs2)no1. The van der Waals surface area contributed by atoms with Gasteiger partial charge < -0.3 is 14.6 Å². The number of imide groups is 1. The van der Waals surface area contributed by atoms with E-state index >= 15 is 0 Å². The predicted molar refractivity (Wildman–Crippen MR) is 79.5 cm³/mol. The van der Waals surface area contributed by atoms with E-state index in [2.05, 4.69) is 15.5 Å². The molecule has 2 rings (SSSR count). The fourth-order valence-electron chi connectivity index (χ4n) is 1.51. The number of ether oxygens (including phenoxy) is 1. The van der Waals surface area contributed by atoms with Crippen LogP contribution in [0.15, 0.2) is 22.0 Å². The second kappa shape index (κ2) is 8.03. The second-order valence-electron chi connectivity index (χ2n) is 4.28. The van der Waals surface area contributed by atoms with Crippen molar-refractivity contribution in [1.29, 1.82) is 0 Å². The maximum Gasteiger partial charge on any atom is 0.321 e. The summed E-state index contributed by atoms with van der Waals surface area (Å²) in [7, 11) is 1.36. The van der Waals surface area contributed by atoms with Gasteiger partial charge in [-0.15, -0.1) is 11.3 Å². The molecular formula is C13H14N4O5S. The number of nitrogens with zero attached hydrogens (tertiary/aromatic N) is 2. The van der Waals surface area contributed by atoms with E-state index in [-0.39, 0.29) is 12.8 Å². The molecule has 0 saturated carbocycles. The van der Waals surface area contributed by atoms with Crippen LogP contribution in [0.5, 0.6) is 0 Å². The van der Waals surface area contributed by atoms with Crippen LogP contribution in [0.1, 0.15) is 12.3 Å². The van der Waals surface area contributed by atoms with Gasteiger partial charge in [-0.05, 0) is 11.4 Å². The molecule has 0 spiro atoms. The smallest absolute Gasteiger partial charge is 0.321 e. The monoisotopic (exact) mass is 338 g/mol. The van der Waals surface area contributed by atoms with Crippen molar-refractivity contribution in [2.75, 3.05) is 13.7 Å². The van der Waals surface area contributed by atoms with E-state index in [9.17, 15) is 14.4 Å². The zero-order valence-corrected chi connectivity index (χ0v) is 13.0. The number of urea groups is 1. The molecule has 0 unspecified atom stereocenters. The third-order valence-corrected chi connectivity index (χ3v) is 3.46. The number of hydrogen-bond acceptors (Lipinski definition) is 8. The molecule has 0 bridgehead atoms. The summed E-state index contributed by atoms with van der Waals surface area (Å²) in [5.74, 6) is -0.545. The Morgan fingerprint density at radius 3 is 2.91 bits per heavy atom. The number of nitrogens with one attached hydrogen (secondary N) is 2. The van der Waals surface area contributed by atoms with Gasteiger partial charge in [-0.25, -0.2) is 4.79 Å². The molecule has 0 saturated heterocycles. The zero-order valence-electron chi connectivity index (χ0n) is 12.2. The van der Waals surface area contributed by atoms with Crippen molar-refractivity contribution in [3.8, 4) is 10.7 Å². The molecule has 10 heteroatoms. The largest absolute Gasteiger partial charge is 0.456 e. The topological polar surface area (TPSA) is 123 Å². The normalized spacial score (nSPS) is 10.1. The number of hydrogen-bond donors (Lipinski definition) is 2. The molecule has 0 aliphatic carbocycles. The molecule has 0 aromatic carbocycles. The Bertz CT molecular complexity index is 682. The number of carbonyl (C=O) groups is 3. The van der Waals surface area contributed by atoms with E-state index in [1.165, 1.54) is 18.4 Å². The lowest BCUT2D eigenvalue weighted by Crippen LogP contribution is -2.39. The standard InChI is InChI=1S/C13H14N4O5S/c1-14-13(20)15-9(18)7-21-11(19)5-4-10-16-12(17-22-10)8-3-2-6-23-8/h2-3,6H,4-5,7H2,1H3,(H2,14,15,18,20). The third-order valence-electron chi connectivity index (χ3n) is 2.60. The van der Waals surface area contributed by atoms with Gasteiger partial charge in [0.1, 0.15) is 0 Å². The first-order valence-electron chi connectivity index (χ1n) is 6.62. The fourth-order valence-corrected chi connectivity index (χ4v) is 2.16. The van der Waals surface area contributed by atoms with Gasteiger partial charge in [0.15, 0.2) is 6.61 Å². The summed E-state index contributed by atoms with van der Waals surface area (Å²) in [6.45, 7) is -0.531. The van der Waals surface area contributed by atoms with Crippen LogP contribution >= 0.6 is 11.3 Å². The van der Waals surface area contributed by atoms with Crippen LogP contribution in [-0.2, 0) is 20.7 Å². The number of amides is 3. The number of aromatic nitrogens is 2. The van der Waals surface area contributed by atoms with E-state index in [1.54, 1.807) is 0 Å². The van der Waals surface area contributed by atoms with Gasteiger partial charge in [0.2, 0.25) is 11.7 Å². The van der Waals surface area contributed by atoms with Crippen molar-refractivity contribution in [3.05, 3.63) is 23.4 Å². The summed E-state index contributed by atoms with van der Waals surface area (Å²) in [6.07, 6.45) is 0.188. The van der Waals surface area contributed by atoms with Crippen LogP contribution in [0.3, 0.4) is 0 Å². The van der Waals surface area contributed by atoms with E-state index in [0.717, 1.165) is 4.88 Å². The molecule has 2 heterocycles. The first-order chi connectivity index (χ1) is 11.1. The number of carbonyl (C=O) groups excluding carboxylic acids is 3. The van der Waals surface area contributed by atoms with Crippen LogP contribution in [-0.4, -0.2) is 41.7 Å². The maximum atomic E-state index is 11.5. The van der Waals surface area contributed by atoms with Crippen molar-refractivity contribution < 1.29 is 23.6 Å². The Balaban J connectivity index is 1.72. The molecule has 2 N–H and O–H groups in total. The predicted octanol–water partition coefficient (Wildman–Crippen LogP) is 0.730. The summed E-state index contributed by atoms with van der Waals surface area (Å²) in [4.78, 5) is 38.7. The van der Waals surface area contributed by atoms with Crippen molar-refractivity contribution in [2.24, 2.45) is 0 Å². The number of esters is 1. The van der Waals surface area contributed by atoms with Crippen LogP contribution in [0.4, 0.5) is 4.79 Å². The van der Waals surface area contributed by atoms with E-state index < -0.39 is 24.5 Å². The highest BCUT2D eigenvalue weighted by atomic mass is 32.1. The zero-order chi connectivity index (χ0) is 16.7. The molecule has 3 amide bonds. The number of rotatable bonds is 6. The first-order valence-corrected chi connectivity index (χ1v) is 7.50. The quantitative estimate of drug-likeness (QED) is 0.744. The Hall–Kier alpha value is -2.75. The minimum absolute atomic E-state index is 0.0146. The number of thiophene rings is 1. The Morgan fingerprint density at radius 1 is 1.39 bits per heavy atom. The van der Waals surface area contributed by atoms with Crippen LogP contribution in [0.25, 0.3) is 10.7 Å². The van der Waals surface area contributed by atoms with Crippen LogP contribution in [0.2, 0.25) is 0 Å². The van der Waals surface area contributed by atoms with Crippen molar-refractivity contribution in [2.45, 2.75) is 12.8 Å². The van der Waals surface area contributed by atoms with Gasteiger partial charge in [0, 0.05) is 13.5 Å². The molecule has 23 heavy (non-hydrogen) atoms. The van der Waals surface area contributed by atoms with Crippen molar-refractivity contribution >= 4 is 29.2 Å². The maximum absolute atomic E-state index is 11.5. The number of aryl methyl sites for hydroxylation is 1. The van der Waals surface area contributed by atoms with Gasteiger partial charge in [0.05, 0.1) is 11.3 Å². The molecule has 0 aliphatic heterocycles. The average molecular weight is 338 g/mol. The molecule has 0 atom stereocenters. The van der Waals surface area contributed by atoms with Crippen molar-refractivity contribution in [3.63, 3.8) is 0 Å². The van der Waals surface area contributed by atoms with E-state index in [1.807, 2.05) is 22.8 Å². The molecular weight excluding hydrogens is 324 g/mol. The highest BCUT2D eigenvalue weighted by Gasteiger charge is 2.13. The molecule has 0 radical (unpaired) electrons. The lowest BCUT2D eigenvalue weighted by molar-refractivity contribution is -0.148. The highest BCUT2D eigenvalue weighted by molar-refractivity contribution is 7.13.